The maximum absolute atomic E-state index is 4.06. The monoisotopic (exact) mass is 166 g/mol. The molecule has 0 aliphatic heterocycles. The van der Waals surface area contributed by atoms with Crippen molar-refractivity contribution in [3.8, 4) is 0 Å². The number of hydrogen-bond acceptors (Lipinski definition) is 1. The summed E-state index contributed by atoms with van der Waals surface area (Å²) < 4.78 is 0. The van der Waals surface area contributed by atoms with Gasteiger partial charge >= 0.3 is 0 Å². The molecule has 1 rings (SSSR count). The zero-order chi connectivity index (χ0) is 8.27. The first-order chi connectivity index (χ1) is 5.25. The topological polar surface area (TPSA) is 0 Å². The Morgan fingerprint density at radius 3 is 2.82 bits per heavy atom. The normalized spacial score (nSPS) is 20.0. The lowest BCUT2D eigenvalue weighted by Crippen LogP contribution is -1.97. The molecule has 0 nitrogen and oxygen atoms in total. The van der Waals surface area contributed by atoms with E-state index in [2.05, 4.69) is 32.2 Å². The van der Waals surface area contributed by atoms with Crippen molar-refractivity contribution >= 4 is 12.6 Å². The molecule has 0 heterocycles. The summed E-state index contributed by atoms with van der Waals surface area (Å²) in [6.45, 7) is 6.15. The molecule has 0 radical (unpaired) electrons. The van der Waals surface area contributed by atoms with Crippen molar-refractivity contribution in [3.05, 3.63) is 34.8 Å². The van der Waals surface area contributed by atoms with Gasteiger partial charge in [-0.1, -0.05) is 18.2 Å². The van der Waals surface area contributed by atoms with Gasteiger partial charge in [0.25, 0.3) is 0 Å². The van der Waals surface area contributed by atoms with Crippen molar-refractivity contribution in [2.45, 2.75) is 26.2 Å². The predicted octanol–water partition coefficient (Wildman–Crippen LogP) is 3.49. The van der Waals surface area contributed by atoms with Crippen LogP contribution in [-0.2, 0) is 0 Å². The van der Waals surface area contributed by atoms with Crippen LogP contribution in [0.15, 0.2) is 34.8 Å². The summed E-state index contributed by atoms with van der Waals surface area (Å²) in [6, 6.07) is 0. The van der Waals surface area contributed by atoms with Crippen molar-refractivity contribution in [3.63, 3.8) is 0 Å². The molecule has 60 valence electrons. The van der Waals surface area contributed by atoms with Crippen LogP contribution < -0.4 is 0 Å². The van der Waals surface area contributed by atoms with E-state index < -0.39 is 0 Å². The highest BCUT2D eigenvalue weighted by molar-refractivity contribution is 7.83. The lowest BCUT2D eigenvalue weighted by atomic mass is 9.89. The standard InChI is InChI=1S/C10H14S/c1-8-4-3-5-10(6-7-11)9(8)2/h6-7,11H,1,3-5H2,2H3/b7-6-. The highest BCUT2D eigenvalue weighted by atomic mass is 32.1. The smallest absolute Gasteiger partial charge is 0.0273 e. The van der Waals surface area contributed by atoms with Crippen LogP contribution in [0.3, 0.4) is 0 Å². The largest absolute Gasteiger partial charge is 0.151 e. The minimum Gasteiger partial charge on any atom is -0.151 e. The molecular formula is C10H14S. The van der Waals surface area contributed by atoms with Gasteiger partial charge in [0, 0.05) is 0 Å². The van der Waals surface area contributed by atoms with E-state index in [9.17, 15) is 0 Å². The Bertz CT molecular complexity index is 221. The molecule has 0 saturated carbocycles. The minimum atomic E-state index is 1.16. The van der Waals surface area contributed by atoms with Crippen LogP contribution in [0.2, 0.25) is 0 Å². The third-order valence-electron chi connectivity index (χ3n) is 2.21. The molecule has 0 saturated heterocycles. The van der Waals surface area contributed by atoms with Crippen LogP contribution in [0, 0.1) is 0 Å². The number of rotatable bonds is 1. The molecule has 1 heteroatoms. The Labute approximate surface area is 74.1 Å². The molecule has 0 unspecified atom stereocenters. The first kappa shape index (κ1) is 8.66. The zero-order valence-corrected chi connectivity index (χ0v) is 7.82. The summed E-state index contributed by atoms with van der Waals surface area (Å²) >= 11 is 4.06. The molecular weight excluding hydrogens is 152 g/mol. The van der Waals surface area contributed by atoms with E-state index in [0.29, 0.717) is 0 Å². The third-order valence-corrected chi connectivity index (χ3v) is 2.36. The van der Waals surface area contributed by atoms with Crippen molar-refractivity contribution in [2.24, 2.45) is 0 Å². The Morgan fingerprint density at radius 1 is 1.45 bits per heavy atom. The van der Waals surface area contributed by atoms with Gasteiger partial charge in [-0.3, -0.25) is 0 Å². The van der Waals surface area contributed by atoms with Gasteiger partial charge in [-0.05, 0) is 42.7 Å². The van der Waals surface area contributed by atoms with E-state index in [0.717, 1.165) is 6.42 Å². The van der Waals surface area contributed by atoms with Crippen molar-refractivity contribution in [1.82, 2.24) is 0 Å². The molecule has 0 N–H and O–H groups in total. The van der Waals surface area contributed by atoms with Gasteiger partial charge in [0.05, 0.1) is 0 Å². The molecule has 1 aliphatic rings. The Kier molecular flexibility index (Phi) is 3.01. The van der Waals surface area contributed by atoms with Crippen LogP contribution in [0.4, 0.5) is 0 Å². The first-order valence-electron chi connectivity index (χ1n) is 3.94. The Balaban J connectivity index is 2.88. The minimum absolute atomic E-state index is 1.16. The molecule has 0 amide bonds. The second-order valence-electron chi connectivity index (χ2n) is 2.92. The van der Waals surface area contributed by atoms with Crippen LogP contribution in [0.5, 0.6) is 0 Å². The summed E-state index contributed by atoms with van der Waals surface area (Å²) in [7, 11) is 0. The maximum atomic E-state index is 4.06. The van der Waals surface area contributed by atoms with Crippen molar-refractivity contribution in [1.29, 1.82) is 0 Å². The summed E-state index contributed by atoms with van der Waals surface area (Å²) in [4.78, 5) is 0. The van der Waals surface area contributed by atoms with Gasteiger partial charge in [0.2, 0.25) is 0 Å². The molecule has 0 bridgehead atoms. The highest BCUT2D eigenvalue weighted by Gasteiger charge is 2.09. The maximum Gasteiger partial charge on any atom is -0.0273 e. The van der Waals surface area contributed by atoms with Crippen LogP contribution in [-0.4, -0.2) is 0 Å². The van der Waals surface area contributed by atoms with E-state index in [-0.39, 0.29) is 0 Å². The van der Waals surface area contributed by atoms with E-state index in [4.69, 9.17) is 0 Å². The second-order valence-corrected chi connectivity index (χ2v) is 3.22. The third kappa shape index (κ3) is 2.00. The van der Waals surface area contributed by atoms with E-state index in [1.54, 1.807) is 5.41 Å². The first-order valence-corrected chi connectivity index (χ1v) is 4.46. The summed E-state index contributed by atoms with van der Waals surface area (Å²) in [5.74, 6) is 0. The van der Waals surface area contributed by atoms with Crippen molar-refractivity contribution < 1.29 is 0 Å². The second kappa shape index (κ2) is 3.82. The van der Waals surface area contributed by atoms with E-state index in [1.807, 2.05) is 0 Å². The lowest BCUT2D eigenvalue weighted by Gasteiger charge is -2.16. The Hall–Kier alpha value is -0.430. The van der Waals surface area contributed by atoms with Crippen molar-refractivity contribution in [2.75, 3.05) is 0 Å². The molecule has 11 heavy (non-hydrogen) atoms. The number of hydrogen-bond donors (Lipinski definition) is 1. The predicted molar refractivity (Wildman–Crippen MR) is 53.8 cm³/mol. The molecule has 0 spiro atoms. The SMILES string of the molecule is C=C1CCCC(/C=C\S)=C1C. The quantitative estimate of drug-likeness (QED) is 0.566. The fourth-order valence-corrected chi connectivity index (χ4v) is 1.57. The van der Waals surface area contributed by atoms with Gasteiger partial charge in [-0.25, -0.2) is 0 Å². The summed E-state index contributed by atoms with van der Waals surface area (Å²) in [6.07, 6.45) is 5.66. The average molecular weight is 166 g/mol. The van der Waals surface area contributed by atoms with Gasteiger partial charge in [-0.2, -0.15) is 12.6 Å². The molecule has 0 aromatic rings. The van der Waals surface area contributed by atoms with Crippen LogP contribution in [0.1, 0.15) is 26.2 Å². The summed E-state index contributed by atoms with van der Waals surface area (Å²) in [5, 5.41) is 1.80. The zero-order valence-electron chi connectivity index (χ0n) is 6.93. The molecule has 0 atom stereocenters. The fourth-order valence-electron chi connectivity index (χ4n) is 1.39. The average Bonchev–Trinajstić information content (AvgIpc) is 1.99. The number of thiol groups is 1. The van der Waals surface area contributed by atoms with Gasteiger partial charge in [0.15, 0.2) is 0 Å². The Morgan fingerprint density at radius 2 is 2.18 bits per heavy atom. The molecule has 0 aromatic heterocycles. The van der Waals surface area contributed by atoms with E-state index in [1.165, 1.54) is 29.6 Å². The van der Waals surface area contributed by atoms with Gasteiger partial charge in [-0.15, -0.1) is 0 Å². The number of allylic oxidation sites excluding steroid dienone is 4. The molecule has 0 fully saturated rings. The lowest BCUT2D eigenvalue weighted by molar-refractivity contribution is 0.779. The van der Waals surface area contributed by atoms with Crippen LogP contribution in [0.25, 0.3) is 0 Å². The highest BCUT2D eigenvalue weighted by Crippen LogP contribution is 2.28. The van der Waals surface area contributed by atoms with Gasteiger partial charge in [0.1, 0.15) is 0 Å². The molecule has 0 aromatic carbocycles. The summed E-state index contributed by atoms with van der Waals surface area (Å²) in [5.41, 5.74) is 4.05. The van der Waals surface area contributed by atoms with Crippen LogP contribution >= 0.6 is 12.6 Å². The van der Waals surface area contributed by atoms with E-state index >= 15 is 0 Å². The fraction of sp³-hybridized carbons (Fsp3) is 0.400. The van der Waals surface area contributed by atoms with Gasteiger partial charge < -0.3 is 0 Å². The molecule has 1 aliphatic carbocycles.